The first kappa shape index (κ1) is 9.77. The van der Waals surface area contributed by atoms with Gasteiger partial charge in [-0.15, -0.1) is 0 Å². The zero-order valence-electron chi connectivity index (χ0n) is 7.19. The van der Waals surface area contributed by atoms with Crippen LogP contribution in [0.5, 0.6) is 0 Å². The molecule has 0 unspecified atom stereocenters. The van der Waals surface area contributed by atoms with Gasteiger partial charge < -0.3 is 5.32 Å². The number of nitrogens with one attached hydrogen (secondary N) is 1. The molecule has 1 saturated carbocycles. The van der Waals surface area contributed by atoms with Crippen molar-refractivity contribution in [2.24, 2.45) is 5.92 Å². The predicted molar refractivity (Wildman–Crippen MR) is 68.1 cm³/mol. The van der Waals surface area contributed by atoms with Crippen LogP contribution >= 0.6 is 38.5 Å². The fraction of sp³-hybridized carbons (Fsp3) is 0.400. The first-order valence-corrected chi connectivity index (χ1v) is 6.32. The van der Waals surface area contributed by atoms with E-state index in [0.29, 0.717) is 0 Å². The van der Waals surface area contributed by atoms with E-state index < -0.39 is 0 Å². The van der Waals surface area contributed by atoms with Gasteiger partial charge in [-0.2, -0.15) is 0 Å². The Morgan fingerprint density at radius 3 is 2.92 bits per heavy atom. The third-order valence-electron chi connectivity index (χ3n) is 2.21. The van der Waals surface area contributed by atoms with E-state index in [1.54, 1.807) is 0 Å². The number of halogens is 2. The Kier molecular flexibility index (Phi) is 3.14. The normalized spacial score (nSPS) is 15.8. The molecule has 0 aliphatic heterocycles. The zero-order valence-corrected chi connectivity index (χ0v) is 10.9. The van der Waals surface area contributed by atoms with E-state index in [-0.39, 0.29) is 0 Å². The summed E-state index contributed by atoms with van der Waals surface area (Å²) >= 11 is 5.87. The summed E-state index contributed by atoms with van der Waals surface area (Å²) in [5, 5.41) is 3.46. The summed E-state index contributed by atoms with van der Waals surface area (Å²) in [5.41, 5.74) is 1.22. The minimum absolute atomic E-state index is 0.921. The highest BCUT2D eigenvalue weighted by molar-refractivity contribution is 14.1. The van der Waals surface area contributed by atoms with Gasteiger partial charge in [-0.1, -0.05) is 0 Å². The van der Waals surface area contributed by atoms with E-state index >= 15 is 0 Å². The Hall–Kier alpha value is 0.230. The Balaban J connectivity index is 2.03. The van der Waals surface area contributed by atoms with E-state index in [1.807, 2.05) is 0 Å². The van der Waals surface area contributed by atoms with Crippen molar-refractivity contribution in [1.82, 2.24) is 0 Å². The molecule has 1 aliphatic carbocycles. The molecule has 0 heterocycles. The minimum atomic E-state index is 0.921. The maximum absolute atomic E-state index is 3.54. The van der Waals surface area contributed by atoms with E-state index in [2.05, 4.69) is 62.0 Å². The summed E-state index contributed by atoms with van der Waals surface area (Å²) < 4.78 is 2.44. The first-order valence-electron chi connectivity index (χ1n) is 4.44. The van der Waals surface area contributed by atoms with E-state index in [9.17, 15) is 0 Å². The van der Waals surface area contributed by atoms with Gasteiger partial charge in [0, 0.05) is 20.3 Å². The van der Waals surface area contributed by atoms with E-state index in [1.165, 1.54) is 22.1 Å². The van der Waals surface area contributed by atoms with Crippen LogP contribution in [0.4, 0.5) is 5.69 Å². The molecule has 1 aliphatic rings. The molecule has 0 atom stereocenters. The van der Waals surface area contributed by atoms with Gasteiger partial charge in [0.25, 0.3) is 0 Å². The zero-order chi connectivity index (χ0) is 9.26. The molecular weight excluding hydrogens is 341 g/mol. The SMILES string of the molecule is Brc1ccc(I)cc1NCC1CC1. The monoisotopic (exact) mass is 351 g/mol. The van der Waals surface area contributed by atoms with Gasteiger partial charge >= 0.3 is 0 Å². The molecule has 1 N–H and O–H groups in total. The predicted octanol–water partition coefficient (Wildman–Crippen LogP) is 3.88. The first-order chi connectivity index (χ1) is 6.25. The van der Waals surface area contributed by atoms with Crippen LogP contribution in [0.3, 0.4) is 0 Å². The van der Waals surface area contributed by atoms with Gasteiger partial charge in [0.15, 0.2) is 0 Å². The fourth-order valence-electron chi connectivity index (χ4n) is 1.21. The smallest absolute Gasteiger partial charge is 0.0495 e. The molecule has 0 radical (unpaired) electrons. The van der Waals surface area contributed by atoms with Crippen molar-refractivity contribution in [3.63, 3.8) is 0 Å². The van der Waals surface area contributed by atoms with Crippen molar-refractivity contribution >= 4 is 44.2 Å². The molecule has 70 valence electrons. The number of hydrogen-bond donors (Lipinski definition) is 1. The Morgan fingerprint density at radius 2 is 2.23 bits per heavy atom. The molecule has 2 rings (SSSR count). The molecule has 1 aromatic rings. The molecule has 13 heavy (non-hydrogen) atoms. The Morgan fingerprint density at radius 1 is 1.46 bits per heavy atom. The lowest BCUT2D eigenvalue weighted by Crippen LogP contribution is -2.03. The summed E-state index contributed by atoms with van der Waals surface area (Å²) in [6, 6.07) is 6.37. The van der Waals surface area contributed by atoms with Crippen molar-refractivity contribution < 1.29 is 0 Å². The third-order valence-corrected chi connectivity index (χ3v) is 3.57. The van der Waals surface area contributed by atoms with Crippen molar-refractivity contribution in [2.45, 2.75) is 12.8 Å². The Bertz CT molecular complexity index is 310. The second-order valence-electron chi connectivity index (χ2n) is 3.45. The lowest BCUT2D eigenvalue weighted by Gasteiger charge is -2.07. The molecule has 1 fully saturated rings. The lowest BCUT2D eigenvalue weighted by atomic mass is 10.3. The summed E-state index contributed by atoms with van der Waals surface area (Å²) in [4.78, 5) is 0. The van der Waals surface area contributed by atoms with Crippen LogP contribution in [0, 0.1) is 9.49 Å². The highest BCUT2D eigenvalue weighted by Crippen LogP contribution is 2.31. The standard InChI is InChI=1S/C10H11BrIN/c11-9-4-3-8(12)5-10(9)13-6-7-1-2-7/h3-5,7,13H,1-2,6H2. The number of hydrogen-bond acceptors (Lipinski definition) is 1. The Labute approximate surface area is 101 Å². The lowest BCUT2D eigenvalue weighted by molar-refractivity contribution is 0.888. The van der Waals surface area contributed by atoms with Crippen molar-refractivity contribution in [2.75, 3.05) is 11.9 Å². The van der Waals surface area contributed by atoms with Gasteiger partial charge in [-0.25, -0.2) is 0 Å². The molecule has 0 amide bonds. The average Bonchev–Trinajstić information content (AvgIpc) is 2.90. The summed E-state index contributed by atoms with van der Waals surface area (Å²) in [6.45, 7) is 1.12. The molecule has 3 heteroatoms. The van der Waals surface area contributed by atoms with Gasteiger partial charge in [-0.3, -0.25) is 0 Å². The maximum Gasteiger partial charge on any atom is 0.0495 e. The second kappa shape index (κ2) is 4.17. The summed E-state index contributed by atoms with van der Waals surface area (Å²) in [5.74, 6) is 0.921. The van der Waals surface area contributed by atoms with Crippen LogP contribution < -0.4 is 5.32 Å². The van der Waals surface area contributed by atoms with Gasteiger partial charge in [0.2, 0.25) is 0 Å². The van der Waals surface area contributed by atoms with Crippen LogP contribution in [-0.4, -0.2) is 6.54 Å². The van der Waals surface area contributed by atoms with Crippen LogP contribution in [0.1, 0.15) is 12.8 Å². The van der Waals surface area contributed by atoms with Crippen molar-refractivity contribution in [3.05, 3.63) is 26.2 Å². The van der Waals surface area contributed by atoms with Crippen molar-refractivity contribution in [3.8, 4) is 0 Å². The highest BCUT2D eigenvalue weighted by Gasteiger charge is 2.20. The maximum atomic E-state index is 3.54. The van der Waals surface area contributed by atoms with Crippen LogP contribution in [-0.2, 0) is 0 Å². The summed E-state index contributed by atoms with van der Waals surface area (Å²) in [6.07, 6.45) is 2.79. The number of benzene rings is 1. The van der Waals surface area contributed by atoms with Crippen molar-refractivity contribution in [1.29, 1.82) is 0 Å². The number of rotatable bonds is 3. The molecule has 0 spiro atoms. The summed E-state index contributed by atoms with van der Waals surface area (Å²) in [7, 11) is 0. The quantitative estimate of drug-likeness (QED) is 0.815. The molecule has 0 aromatic heterocycles. The van der Waals surface area contributed by atoms with Gasteiger partial charge in [-0.05, 0) is 75.5 Å². The second-order valence-corrected chi connectivity index (χ2v) is 5.55. The average molecular weight is 352 g/mol. The topological polar surface area (TPSA) is 12.0 Å². The van der Waals surface area contributed by atoms with Gasteiger partial charge in [0.1, 0.15) is 0 Å². The van der Waals surface area contributed by atoms with Gasteiger partial charge in [0.05, 0.1) is 0 Å². The minimum Gasteiger partial charge on any atom is -0.384 e. The molecular formula is C10H11BrIN. The van der Waals surface area contributed by atoms with E-state index in [4.69, 9.17) is 0 Å². The van der Waals surface area contributed by atoms with Crippen LogP contribution in [0.15, 0.2) is 22.7 Å². The number of anilines is 1. The molecule has 1 nitrogen and oxygen atoms in total. The third kappa shape index (κ3) is 2.84. The molecule has 1 aromatic carbocycles. The largest absolute Gasteiger partial charge is 0.384 e. The molecule has 0 bridgehead atoms. The van der Waals surface area contributed by atoms with Crippen LogP contribution in [0.25, 0.3) is 0 Å². The molecule has 0 saturated heterocycles. The van der Waals surface area contributed by atoms with E-state index in [0.717, 1.165) is 16.9 Å². The highest BCUT2D eigenvalue weighted by atomic mass is 127. The fourth-order valence-corrected chi connectivity index (χ4v) is 2.09. The van der Waals surface area contributed by atoms with Crippen LogP contribution in [0.2, 0.25) is 0 Å².